The van der Waals surface area contributed by atoms with E-state index in [1.165, 1.54) is 6.26 Å². The maximum absolute atomic E-state index is 11.7. The molecule has 0 aromatic carbocycles. The first-order valence-corrected chi connectivity index (χ1v) is 10.1. The first-order chi connectivity index (χ1) is 11.4. The van der Waals surface area contributed by atoms with Crippen LogP contribution in [0.2, 0.25) is 5.15 Å². The molecule has 0 bridgehead atoms. The number of hydrogen-bond acceptors (Lipinski definition) is 4. The molecule has 1 aliphatic rings. The Balaban J connectivity index is 1.77. The maximum atomic E-state index is 11.7. The summed E-state index contributed by atoms with van der Waals surface area (Å²) in [6.45, 7) is 1.85. The molecule has 1 aromatic rings. The molecule has 1 saturated heterocycles. The fourth-order valence-corrected chi connectivity index (χ4v) is 4.06. The molecule has 0 saturated carbocycles. The van der Waals surface area contributed by atoms with Gasteiger partial charge in [0.25, 0.3) is 0 Å². The van der Waals surface area contributed by atoms with Crippen LogP contribution in [0.4, 0.5) is 0 Å². The van der Waals surface area contributed by atoms with Gasteiger partial charge in [0.2, 0.25) is 10.0 Å². The van der Waals surface area contributed by atoms with Gasteiger partial charge in [-0.1, -0.05) is 17.7 Å². The lowest BCUT2D eigenvalue weighted by Gasteiger charge is -2.23. The van der Waals surface area contributed by atoms with Crippen LogP contribution in [-0.4, -0.2) is 62.6 Å². The quantitative estimate of drug-likeness (QED) is 0.439. The summed E-state index contributed by atoms with van der Waals surface area (Å²) in [6, 6.07) is 3.69. The van der Waals surface area contributed by atoms with E-state index in [0.29, 0.717) is 30.7 Å². The molecule has 1 fully saturated rings. The SMILES string of the molecule is CN=C(NCCc1ccc(Cl)nc1)NC[C@H]1CCCN1S(C)(=O)=O. The van der Waals surface area contributed by atoms with Crippen LogP contribution in [0, 0.1) is 0 Å². The van der Waals surface area contributed by atoms with E-state index in [9.17, 15) is 8.42 Å². The number of aromatic nitrogens is 1. The van der Waals surface area contributed by atoms with Gasteiger partial charge in [-0.05, 0) is 30.9 Å². The monoisotopic (exact) mass is 373 g/mol. The van der Waals surface area contributed by atoms with Gasteiger partial charge in [0, 0.05) is 38.9 Å². The van der Waals surface area contributed by atoms with Gasteiger partial charge in [-0.15, -0.1) is 0 Å². The summed E-state index contributed by atoms with van der Waals surface area (Å²) >= 11 is 5.76. The molecular weight excluding hydrogens is 350 g/mol. The molecule has 24 heavy (non-hydrogen) atoms. The predicted octanol–water partition coefficient (Wildman–Crippen LogP) is 0.867. The van der Waals surface area contributed by atoms with Gasteiger partial charge in [-0.3, -0.25) is 4.99 Å². The molecule has 2 N–H and O–H groups in total. The van der Waals surface area contributed by atoms with Gasteiger partial charge in [-0.2, -0.15) is 4.31 Å². The van der Waals surface area contributed by atoms with Gasteiger partial charge in [-0.25, -0.2) is 13.4 Å². The van der Waals surface area contributed by atoms with Crippen LogP contribution in [0.3, 0.4) is 0 Å². The Bertz CT molecular complexity index is 663. The van der Waals surface area contributed by atoms with Gasteiger partial charge in [0.05, 0.1) is 6.26 Å². The molecule has 134 valence electrons. The lowest BCUT2D eigenvalue weighted by atomic mass is 10.2. The van der Waals surface area contributed by atoms with Crippen LogP contribution >= 0.6 is 11.6 Å². The van der Waals surface area contributed by atoms with Crippen molar-refractivity contribution in [3.63, 3.8) is 0 Å². The maximum Gasteiger partial charge on any atom is 0.211 e. The molecule has 1 aliphatic heterocycles. The molecule has 1 atom stereocenters. The molecular formula is C15H24ClN5O2S. The van der Waals surface area contributed by atoms with Gasteiger partial charge < -0.3 is 10.6 Å². The summed E-state index contributed by atoms with van der Waals surface area (Å²) in [6.07, 6.45) is 5.58. The van der Waals surface area contributed by atoms with Crippen molar-refractivity contribution in [3.05, 3.63) is 29.0 Å². The number of rotatable bonds is 6. The average molecular weight is 374 g/mol. The van der Waals surface area contributed by atoms with Crippen molar-refractivity contribution < 1.29 is 8.42 Å². The van der Waals surface area contributed by atoms with Crippen LogP contribution in [-0.2, 0) is 16.4 Å². The summed E-state index contributed by atoms with van der Waals surface area (Å²) < 4.78 is 25.1. The Morgan fingerprint density at radius 1 is 1.46 bits per heavy atom. The summed E-state index contributed by atoms with van der Waals surface area (Å²) in [4.78, 5) is 8.22. The Morgan fingerprint density at radius 2 is 2.25 bits per heavy atom. The molecule has 0 aliphatic carbocycles. The minimum absolute atomic E-state index is 0.0148. The van der Waals surface area contributed by atoms with Crippen LogP contribution in [0.15, 0.2) is 23.3 Å². The molecule has 7 nitrogen and oxygen atoms in total. The number of pyridine rings is 1. The lowest BCUT2D eigenvalue weighted by Crippen LogP contribution is -2.46. The van der Waals surface area contributed by atoms with Crippen molar-refractivity contribution in [2.45, 2.75) is 25.3 Å². The smallest absolute Gasteiger partial charge is 0.211 e. The van der Waals surface area contributed by atoms with E-state index in [1.54, 1.807) is 23.6 Å². The van der Waals surface area contributed by atoms with Crippen molar-refractivity contribution in [1.29, 1.82) is 0 Å². The Morgan fingerprint density at radius 3 is 2.88 bits per heavy atom. The highest BCUT2D eigenvalue weighted by molar-refractivity contribution is 7.88. The summed E-state index contributed by atoms with van der Waals surface area (Å²) in [5.74, 6) is 0.664. The van der Waals surface area contributed by atoms with E-state index < -0.39 is 10.0 Å². The molecule has 0 radical (unpaired) electrons. The largest absolute Gasteiger partial charge is 0.356 e. The fraction of sp³-hybridized carbons (Fsp3) is 0.600. The van der Waals surface area contributed by atoms with E-state index >= 15 is 0 Å². The normalized spacial score (nSPS) is 19.5. The second-order valence-corrected chi connectivity index (χ2v) is 8.11. The number of hydrogen-bond donors (Lipinski definition) is 2. The third-order valence-electron chi connectivity index (χ3n) is 3.97. The number of aliphatic imine (C=N–C) groups is 1. The minimum Gasteiger partial charge on any atom is -0.356 e. The van der Waals surface area contributed by atoms with Gasteiger partial charge in [0.1, 0.15) is 5.15 Å². The van der Waals surface area contributed by atoms with E-state index in [1.807, 2.05) is 6.07 Å². The molecule has 0 spiro atoms. The van der Waals surface area contributed by atoms with E-state index in [0.717, 1.165) is 24.8 Å². The van der Waals surface area contributed by atoms with Crippen LogP contribution < -0.4 is 10.6 Å². The topological polar surface area (TPSA) is 86.7 Å². The summed E-state index contributed by atoms with van der Waals surface area (Å²) in [5.41, 5.74) is 1.08. The Hall–Kier alpha value is -1.38. The van der Waals surface area contributed by atoms with Gasteiger partial charge >= 0.3 is 0 Å². The van der Waals surface area contributed by atoms with Crippen molar-refractivity contribution in [2.75, 3.05) is 32.9 Å². The standard InChI is InChI=1S/C15H24ClN5O2S/c1-17-15(18-8-7-12-5-6-14(16)19-10-12)20-11-13-4-3-9-21(13)24(2,22)23/h5-6,10,13H,3-4,7-9,11H2,1-2H3,(H2,17,18,20)/t13-/m1/s1. The fourth-order valence-electron chi connectivity index (χ4n) is 2.76. The van der Waals surface area contributed by atoms with Crippen molar-refractivity contribution >= 4 is 27.6 Å². The number of halogens is 1. The Labute approximate surface area is 148 Å². The van der Waals surface area contributed by atoms with Gasteiger partial charge in [0.15, 0.2) is 5.96 Å². The van der Waals surface area contributed by atoms with E-state index in [-0.39, 0.29) is 6.04 Å². The molecule has 0 unspecified atom stereocenters. The highest BCUT2D eigenvalue weighted by Crippen LogP contribution is 2.19. The second-order valence-electron chi connectivity index (χ2n) is 5.79. The van der Waals surface area contributed by atoms with Crippen molar-refractivity contribution in [1.82, 2.24) is 19.9 Å². The highest BCUT2D eigenvalue weighted by atomic mass is 35.5. The van der Waals surface area contributed by atoms with Crippen LogP contribution in [0.25, 0.3) is 0 Å². The Kier molecular flexibility index (Phi) is 6.82. The third kappa shape index (κ3) is 5.61. The van der Waals surface area contributed by atoms with Crippen LogP contribution in [0.1, 0.15) is 18.4 Å². The molecule has 2 rings (SSSR count). The minimum atomic E-state index is -3.15. The lowest BCUT2D eigenvalue weighted by molar-refractivity contribution is 0.387. The zero-order chi connectivity index (χ0) is 17.6. The van der Waals surface area contributed by atoms with E-state index in [4.69, 9.17) is 11.6 Å². The number of nitrogens with zero attached hydrogens (tertiary/aromatic N) is 3. The number of nitrogens with one attached hydrogen (secondary N) is 2. The first-order valence-electron chi connectivity index (χ1n) is 7.92. The van der Waals surface area contributed by atoms with Crippen molar-refractivity contribution in [2.24, 2.45) is 4.99 Å². The number of guanidine groups is 1. The molecule has 1 aromatic heterocycles. The average Bonchev–Trinajstić information content (AvgIpc) is 3.01. The van der Waals surface area contributed by atoms with Crippen LogP contribution in [0.5, 0.6) is 0 Å². The molecule has 2 heterocycles. The summed E-state index contributed by atoms with van der Waals surface area (Å²) in [7, 11) is -1.45. The highest BCUT2D eigenvalue weighted by Gasteiger charge is 2.31. The second kappa shape index (κ2) is 8.64. The predicted molar refractivity (Wildman–Crippen MR) is 96.9 cm³/mol. The number of sulfonamides is 1. The zero-order valence-corrected chi connectivity index (χ0v) is 15.6. The third-order valence-corrected chi connectivity index (χ3v) is 5.53. The van der Waals surface area contributed by atoms with Crippen molar-refractivity contribution in [3.8, 4) is 0 Å². The molecule has 9 heteroatoms. The molecule has 0 amide bonds. The zero-order valence-electron chi connectivity index (χ0n) is 14.0. The summed E-state index contributed by atoms with van der Waals surface area (Å²) in [5, 5.41) is 6.91. The van der Waals surface area contributed by atoms with E-state index in [2.05, 4.69) is 20.6 Å². The first kappa shape index (κ1) is 19.0.